The molecule has 1 radical (unpaired) electrons. The number of rotatable bonds is 14. The lowest BCUT2D eigenvalue weighted by Crippen LogP contribution is -1.95. The second-order valence-electron chi connectivity index (χ2n) is 5.31. The Morgan fingerprint density at radius 3 is 1.61 bits per heavy atom. The SMILES string of the molecule is C=CC[C](CC=C)CCCCCCCCCCC. The smallest absolute Gasteiger partial charge is 0.0166 e. The second kappa shape index (κ2) is 14.5. The maximum absolute atomic E-state index is 3.82. The zero-order valence-corrected chi connectivity index (χ0v) is 12.6. The molecular weight excluding hydrogens is 216 g/mol. The Balaban J connectivity index is 3.26. The Morgan fingerprint density at radius 2 is 1.17 bits per heavy atom. The molecule has 0 saturated carbocycles. The van der Waals surface area contributed by atoms with Crippen molar-refractivity contribution < 1.29 is 0 Å². The van der Waals surface area contributed by atoms with E-state index in [0.29, 0.717) is 0 Å². The van der Waals surface area contributed by atoms with Gasteiger partial charge in [0.1, 0.15) is 0 Å². The molecule has 18 heavy (non-hydrogen) atoms. The van der Waals surface area contributed by atoms with Gasteiger partial charge in [-0.2, -0.15) is 0 Å². The molecule has 0 aromatic carbocycles. The van der Waals surface area contributed by atoms with Gasteiger partial charge in [0, 0.05) is 0 Å². The molecule has 0 aliphatic rings. The Morgan fingerprint density at radius 1 is 0.722 bits per heavy atom. The van der Waals surface area contributed by atoms with E-state index in [0.717, 1.165) is 12.8 Å². The molecule has 0 saturated heterocycles. The van der Waals surface area contributed by atoms with Crippen LogP contribution in [0.15, 0.2) is 25.3 Å². The minimum Gasteiger partial charge on any atom is -0.103 e. The van der Waals surface area contributed by atoms with Crippen LogP contribution in [0.3, 0.4) is 0 Å². The summed E-state index contributed by atoms with van der Waals surface area (Å²) in [6.07, 6.45) is 20.1. The fourth-order valence-electron chi connectivity index (χ4n) is 2.38. The molecule has 0 heteroatoms. The summed E-state index contributed by atoms with van der Waals surface area (Å²) in [6, 6.07) is 0. The molecule has 0 amide bonds. The fraction of sp³-hybridized carbons (Fsp3) is 0.722. The van der Waals surface area contributed by atoms with Crippen LogP contribution in [-0.2, 0) is 0 Å². The third-order valence-corrected chi connectivity index (χ3v) is 3.50. The molecule has 0 aromatic heterocycles. The van der Waals surface area contributed by atoms with E-state index in [9.17, 15) is 0 Å². The van der Waals surface area contributed by atoms with Gasteiger partial charge < -0.3 is 0 Å². The molecule has 0 aliphatic carbocycles. The van der Waals surface area contributed by atoms with E-state index in [-0.39, 0.29) is 0 Å². The first kappa shape index (κ1) is 17.5. The maximum atomic E-state index is 3.82. The van der Waals surface area contributed by atoms with Crippen LogP contribution in [0.2, 0.25) is 0 Å². The lowest BCUT2D eigenvalue weighted by molar-refractivity contribution is 0.554. The van der Waals surface area contributed by atoms with Gasteiger partial charge in [-0.05, 0) is 25.2 Å². The van der Waals surface area contributed by atoms with Gasteiger partial charge in [0.2, 0.25) is 0 Å². The normalized spacial score (nSPS) is 10.8. The number of allylic oxidation sites excluding steroid dienone is 2. The Bertz CT molecular complexity index is 170. The predicted octanol–water partition coefficient (Wildman–Crippen LogP) is 6.63. The summed E-state index contributed by atoms with van der Waals surface area (Å²) in [5.74, 6) is 1.60. The highest BCUT2D eigenvalue weighted by Crippen LogP contribution is 2.21. The monoisotopic (exact) mass is 249 g/mol. The van der Waals surface area contributed by atoms with Crippen molar-refractivity contribution in [2.75, 3.05) is 0 Å². The highest BCUT2D eigenvalue weighted by Gasteiger charge is 2.04. The number of hydrogen-bond acceptors (Lipinski definition) is 0. The first-order valence-electron chi connectivity index (χ1n) is 7.90. The van der Waals surface area contributed by atoms with Crippen LogP contribution in [-0.4, -0.2) is 0 Å². The summed E-state index contributed by atoms with van der Waals surface area (Å²) in [5.41, 5.74) is 0. The van der Waals surface area contributed by atoms with Crippen molar-refractivity contribution in [1.29, 1.82) is 0 Å². The minimum absolute atomic E-state index is 1.07. The van der Waals surface area contributed by atoms with Crippen LogP contribution in [0.5, 0.6) is 0 Å². The molecule has 0 fully saturated rings. The zero-order chi connectivity index (χ0) is 13.5. The first-order valence-corrected chi connectivity index (χ1v) is 7.90. The Hall–Kier alpha value is -0.520. The van der Waals surface area contributed by atoms with E-state index in [1.54, 1.807) is 5.92 Å². The van der Waals surface area contributed by atoms with Crippen LogP contribution in [0.25, 0.3) is 0 Å². The first-order chi connectivity index (χ1) is 8.85. The molecule has 0 aliphatic heterocycles. The van der Waals surface area contributed by atoms with E-state index in [2.05, 4.69) is 20.1 Å². The second-order valence-corrected chi connectivity index (χ2v) is 5.31. The molecule has 0 nitrogen and oxygen atoms in total. The molecule has 0 unspecified atom stereocenters. The molecule has 0 bridgehead atoms. The Kier molecular flexibility index (Phi) is 14.1. The van der Waals surface area contributed by atoms with E-state index in [4.69, 9.17) is 0 Å². The van der Waals surface area contributed by atoms with Gasteiger partial charge in [-0.25, -0.2) is 0 Å². The quantitative estimate of drug-likeness (QED) is 0.239. The van der Waals surface area contributed by atoms with Gasteiger partial charge in [-0.3, -0.25) is 0 Å². The topological polar surface area (TPSA) is 0 Å². The third-order valence-electron chi connectivity index (χ3n) is 3.50. The van der Waals surface area contributed by atoms with Crippen molar-refractivity contribution in [3.63, 3.8) is 0 Å². The zero-order valence-electron chi connectivity index (χ0n) is 12.6. The van der Waals surface area contributed by atoms with E-state index in [1.807, 2.05) is 12.2 Å². The third kappa shape index (κ3) is 12.0. The summed E-state index contributed by atoms with van der Waals surface area (Å²) in [7, 11) is 0. The summed E-state index contributed by atoms with van der Waals surface area (Å²) < 4.78 is 0. The molecule has 0 heterocycles. The van der Waals surface area contributed by atoms with E-state index < -0.39 is 0 Å². The summed E-state index contributed by atoms with van der Waals surface area (Å²) in [5, 5.41) is 0. The van der Waals surface area contributed by atoms with Crippen molar-refractivity contribution in [3.05, 3.63) is 31.2 Å². The van der Waals surface area contributed by atoms with E-state index >= 15 is 0 Å². The van der Waals surface area contributed by atoms with Gasteiger partial charge in [-0.15, -0.1) is 13.2 Å². The molecule has 0 atom stereocenters. The summed E-state index contributed by atoms with van der Waals surface area (Å²) >= 11 is 0. The summed E-state index contributed by atoms with van der Waals surface area (Å²) in [4.78, 5) is 0. The van der Waals surface area contributed by atoms with Crippen LogP contribution >= 0.6 is 0 Å². The van der Waals surface area contributed by atoms with Crippen LogP contribution in [0, 0.1) is 5.92 Å². The predicted molar refractivity (Wildman–Crippen MR) is 84.7 cm³/mol. The molecule has 0 spiro atoms. The largest absolute Gasteiger partial charge is 0.103 e. The molecular formula is C18H33. The van der Waals surface area contributed by atoms with Gasteiger partial charge in [0.05, 0.1) is 0 Å². The van der Waals surface area contributed by atoms with Crippen molar-refractivity contribution in [2.24, 2.45) is 0 Å². The Labute approximate surface area is 116 Å². The molecule has 0 N–H and O–H groups in total. The standard InChI is InChI=1S/C18H33/c1-4-7-8-9-10-11-12-13-14-17-18(15-5-2)16-6-3/h5-6H,2-4,7-17H2,1H3. The van der Waals surface area contributed by atoms with E-state index in [1.165, 1.54) is 64.2 Å². The van der Waals surface area contributed by atoms with Crippen molar-refractivity contribution in [2.45, 2.75) is 84.0 Å². The fourth-order valence-corrected chi connectivity index (χ4v) is 2.38. The van der Waals surface area contributed by atoms with Gasteiger partial charge in [0.25, 0.3) is 0 Å². The average Bonchev–Trinajstić information content (AvgIpc) is 2.37. The summed E-state index contributed by atoms with van der Waals surface area (Å²) in [6.45, 7) is 9.92. The lowest BCUT2D eigenvalue weighted by atomic mass is 9.94. The lowest BCUT2D eigenvalue weighted by Gasteiger charge is -2.11. The number of hydrogen-bond donors (Lipinski definition) is 0. The maximum Gasteiger partial charge on any atom is -0.0166 e. The van der Waals surface area contributed by atoms with Gasteiger partial charge >= 0.3 is 0 Å². The van der Waals surface area contributed by atoms with Crippen molar-refractivity contribution in [3.8, 4) is 0 Å². The van der Waals surface area contributed by atoms with Crippen molar-refractivity contribution >= 4 is 0 Å². The van der Waals surface area contributed by atoms with Gasteiger partial charge in [-0.1, -0.05) is 76.9 Å². The molecule has 0 aromatic rings. The highest BCUT2D eigenvalue weighted by molar-refractivity contribution is 5.00. The van der Waals surface area contributed by atoms with Crippen LogP contribution in [0.4, 0.5) is 0 Å². The molecule has 105 valence electrons. The highest BCUT2D eigenvalue weighted by atomic mass is 14.1. The number of unbranched alkanes of at least 4 members (excludes halogenated alkanes) is 8. The van der Waals surface area contributed by atoms with Gasteiger partial charge in [0.15, 0.2) is 0 Å². The molecule has 0 rings (SSSR count). The average molecular weight is 249 g/mol. The van der Waals surface area contributed by atoms with Crippen LogP contribution < -0.4 is 0 Å². The van der Waals surface area contributed by atoms with Crippen LogP contribution in [0.1, 0.15) is 84.0 Å². The minimum atomic E-state index is 1.07. The van der Waals surface area contributed by atoms with Crippen molar-refractivity contribution in [1.82, 2.24) is 0 Å².